The predicted octanol–water partition coefficient (Wildman–Crippen LogP) is 5.12. The van der Waals surface area contributed by atoms with E-state index in [1.54, 1.807) is 6.92 Å². The monoisotopic (exact) mass is 522 g/mol. The molecule has 1 aliphatic rings. The number of aromatic nitrogens is 2. The van der Waals surface area contributed by atoms with Gasteiger partial charge in [-0.3, -0.25) is 9.59 Å². The molecule has 9 nitrogen and oxygen atoms in total. The molecule has 1 aromatic heterocycles. The number of halogens is 4. The molecular weight excluding hydrogens is 500 g/mol. The van der Waals surface area contributed by atoms with Crippen molar-refractivity contribution in [1.82, 2.24) is 10.2 Å². The molecule has 3 aromatic rings. The number of carbonyl (C=O) groups excluding carboxylic acids is 2. The summed E-state index contributed by atoms with van der Waals surface area (Å²) < 4.78 is 70.7. The maximum absolute atomic E-state index is 14.6. The average molecular weight is 522 g/mol. The maximum Gasteiger partial charge on any atom is 0.320 e. The van der Waals surface area contributed by atoms with Gasteiger partial charge in [0.05, 0.1) is 30.0 Å². The third-order valence-corrected chi connectivity index (χ3v) is 5.66. The Morgan fingerprint density at radius 1 is 0.946 bits per heavy atom. The van der Waals surface area contributed by atoms with Gasteiger partial charge in [-0.25, -0.2) is 17.6 Å². The topological polar surface area (TPSA) is 116 Å². The Balaban J connectivity index is 1.33. The second-order valence-electron chi connectivity index (χ2n) is 8.22. The van der Waals surface area contributed by atoms with Gasteiger partial charge in [-0.1, -0.05) is 5.10 Å². The lowest BCUT2D eigenvalue weighted by molar-refractivity contribution is -0.149. The molecule has 196 valence electrons. The Labute approximate surface area is 208 Å². The van der Waals surface area contributed by atoms with E-state index in [2.05, 4.69) is 20.8 Å². The first kappa shape index (κ1) is 25.9. The Morgan fingerprint density at radius 3 is 2.35 bits per heavy atom. The van der Waals surface area contributed by atoms with Crippen LogP contribution in [0.4, 0.5) is 35.0 Å². The van der Waals surface area contributed by atoms with E-state index in [0.717, 1.165) is 6.07 Å². The van der Waals surface area contributed by atoms with E-state index in [1.807, 2.05) is 0 Å². The third-order valence-electron chi connectivity index (χ3n) is 5.66. The Bertz CT molecular complexity index is 1290. The number of hydrogen-bond donors (Lipinski definition) is 2. The summed E-state index contributed by atoms with van der Waals surface area (Å²) in [6.07, 6.45) is 2.28. The van der Waals surface area contributed by atoms with Crippen molar-refractivity contribution >= 4 is 29.3 Å². The Hall–Kier alpha value is -4.16. The second kappa shape index (κ2) is 11.3. The molecule has 0 bridgehead atoms. The first-order chi connectivity index (χ1) is 17.7. The van der Waals surface area contributed by atoms with Crippen molar-refractivity contribution in [3.05, 3.63) is 59.5 Å². The van der Waals surface area contributed by atoms with Crippen LogP contribution in [0.3, 0.4) is 0 Å². The average Bonchev–Trinajstić information content (AvgIpc) is 3.33. The molecule has 0 unspecified atom stereocenters. The van der Waals surface area contributed by atoms with E-state index in [9.17, 15) is 27.2 Å². The number of carbonyl (C=O) groups is 2. The van der Waals surface area contributed by atoms with Crippen molar-refractivity contribution < 1.29 is 41.0 Å². The zero-order valence-electron chi connectivity index (χ0n) is 19.5. The largest absolute Gasteiger partial charge is 0.490 e. The highest BCUT2D eigenvalue weighted by molar-refractivity contribution is 6.01. The Kier molecular flexibility index (Phi) is 7.89. The summed E-state index contributed by atoms with van der Waals surface area (Å²) in [5.74, 6) is -6.28. The van der Waals surface area contributed by atoms with Gasteiger partial charge in [0.2, 0.25) is 0 Å². The molecule has 37 heavy (non-hydrogen) atoms. The van der Waals surface area contributed by atoms with Gasteiger partial charge >= 0.3 is 23.8 Å². The lowest BCUT2D eigenvalue weighted by Gasteiger charge is -2.27. The molecule has 0 saturated heterocycles. The molecule has 2 aromatic carbocycles. The van der Waals surface area contributed by atoms with Crippen molar-refractivity contribution in [2.75, 3.05) is 17.2 Å². The van der Waals surface area contributed by atoms with Crippen LogP contribution in [0.1, 0.15) is 43.3 Å². The molecule has 13 heteroatoms. The summed E-state index contributed by atoms with van der Waals surface area (Å²) in [6, 6.07) is 4.27. The number of rotatable bonds is 8. The lowest BCUT2D eigenvalue weighted by atomic mass is 9.87. The molecule has 2 N–H and O–H groups in total. The van der Waals surface area contributed by atoms with Gasteiger partial charge in [-0.2, -0.15) is 0 Å². The van der Waals surface area contributed by atoms with Crippen molar-refractivity contribution in [3.8, 4) is 5.75 Å². The fourth-order valence-electron chi connectivity index (χ4n) is 3.81. The van der Waals surface area contributed by atoms with Gasteiger partial charge < -0.3 is 24.5 Å². The fourth-order valence-corrected chi connectivity index (χ4v) is 3.81. The number of hydrogen-bond acceptors (Lipinski definition) is 8. The number of nitrogens with zero attached hydrogens (tertiary/aromatic N) is 2. The lowest BCUT2D eigenvalue weighted by Crippen LogP contribution is -2.29. The van der Waals surface area contributed by atoms with E-state index < -0.39 is 46.8 Å². The van der Waals surface area contributed by atoms with Gasteiger partial charge in [0.25, 0.3) is 0 Å². The Morgan fingerprint density at radius 2 is 1.65 bits per heavy atom. The maximum atomic E-state index is 14.6. The zero-order chi connectivity index (χ0) is 26.5. The van der Waals surface area contributed by atoms with Gasteiger partial charge in [-0.05, 0) is 44.7 Å². The summed E-state index contributed by atoms with van der Waals surface area (Å²) >= 11 is 0. The summed E-state index contributed by atoms with van der Waals surface area (Å²) in [5, 5.41) is 11.5. The standard InChI is InChI=1S/C24H22F4N4O5/c1-2-35-23(34)12-3-5-13(6-4-12)36-14-7-8-19(17(27)9-14)29-21(33)22-31-32-24(37-22)30-20-11-16(26)15(25)10-18(20)28/h7-13H,2-6H2,1H3,(H,29,33)(H,30,32)/t12-,13+. The van der Waals surface area contributed by atoms with Gasteiger partial charge in [-0.15, -0.1) is 5.10 Å². The number of anilines is 3. The number of nitrogens with one attached hydrogen (secondary N) is 2. The highest BCUT2D eigenvalue weighted by atomic mass is 19.2. The minimum atomic E-state index is -1.38. The highest BCUT2D eigenvalue weighted by Crippen LogP contribution is 2.30. The van der Waals surface area contributed by atoms with E-state index in [4.69, 9.17) is 13.9 Å². The normalized spacial score (nSPS) is 17.2. The summed E-state index contributed by atoms with van der Waals surface area (Å²) in [7, 11) is 0. The first-order valence-electron chi connectivity index (χ1n) is 11.4. The van der Waals surface area contributed by atoms with Crippen LogP contribution in [0.15, 0.2) is 34.7 Å². The van der Waals surface area contributed by atoms with E-state index in [1.165, 1.54) is 12.1 Å². The molecule has 1 saturated carbocycles. The summed E-state index contributed by atoms with van der Waals surface area (Å²) in [5.41, 5.74) is -0.687. The van der Waals surface area contributed by atoms with Crippen LogP contribution < -0.4 is 15.4 Å². The van der Waals surface area contributed by atoms with Gasteiger partial charge in [0.15, 0.2) is 11.6 Å². The third kappa shape index (κ3) is 6.35. The highest BCUT2D eigenvalue weighted by Gasteiger charge is 2.28. The van der Waals surface area contributed by atoms with Crippen molar-refractivity contribution in [2.45, 2.75) is 38.7 Å². The molecule has 4 rings (SSSR count). The van der Waals surface area contributed by atoms with Crippen LogP contribution in [-0.2, 0) is 9.53 Å². The summed E-state index contributed by atoms with van der Waals surface area (Å²) in [6.45, 7) is 2.09. The molecule has 0 atom stereocenters. The van der Waals surface area contributed by atoms with Crippen LogP contribution >= 0.6 is 0 Å². The molecule has 1 fully saturated rings. The molecular formula is C24H22F4N4O5. The van der Waals surface area contributed by atoms with Crippen LogP contribution in [0.5, 0.6) is 5.75 Å². The van der Waals surface area contributed by atoms with Crippen molar-refractivity contribution in [2.24, 2.45) is 5.92 Å². The van der Waals surface area contributed by atoms with Crippen LogP contribution in [0.2, 0.25) is 0 Å². The van der Waals surface area contributed by atoms with Gasteiger partial charge in [0.1, 0.15) is 17.4 Å². The molecule has 1 heterocycles. The first-order valence-corrected chi connectivity index (χ1v) is 11.4. The fraction of sp³-hybridized carbons (Fsp3) is 0.333. The minimum Gasteiger partial charge on any atom is -0.490 e. The number of esters is 1. The predicted molar refractivity (Wildman–Crippen MR) is 121 cm³/mol. The quantitative estimate of drug-likeness (QED) is 0.238. The number of amides is 1. The molecule has 0 spiro atoms. The van der Waals surface area contributed by atoms with E-state index >= 15 is 0 Å². The smallest absolute Gasteiger partial charge is 0.320 e. The number of benzene rings is 2. The van der Waals surface area contributed by atoms with Crippen LogP contribution in [-0.4, -0.2) is 34.8 Å². The SMILES string of the molecule is CCOC(=O)[C@H]1CC[C@@H](Oc2ccc(NC(=O)c3nnc(Nc4cc(F)c(F)cc4F)o3)c(F)c2)CC1. The van der Waals surface area contributed by atoms with E-state index in [-0.39, 0.29) is 29.4 Å². The van der Waals surface area contributed by atoms with Crippen molar-refractivity contribution in [1.29, 1.82) is 0 Å². The van der Waals surface area contributed by atoms with E-state index in [0.29, 0.717) is 44.4 Å². The summed E-state index contributed by atoms with van der Waals surface area (Å²) in [4.78, 5) is 24.2. The van der Waals surface area contributed by atoms with Gasteiger partial charge in [0, 0.05) is 18.2 Å². The minimum absolute atomic E-state index is 0.162. The second-order valence-corrected chi connectivity index (χ2v) is 8.22. The van der Waals surface area contributed by atoms with Crippen LogP contribution in [0, 0.1) is 29.2 Å². The molecule has 0 radical (unpaired) electrons. The number of ether oxygens (including phenoxy) is 2. The van der Waals surface area contributed by atoms with Crippen molar-refractivity contribution in [3.63, 3.8) is 0 Å². The van der Waals surface area contributed by atoms with Crippen LogP contribution in [0.25, 0.3) is 0 Å². The molecule has 1 aliphatic carbocycles. The molecule has 0 aliphatic heterocycles. The zero-order valence-corrected chi connectivity index (χ0v) is 19.5. The molecule has 1 amide bonds.